The third-order valence-corrected chi connectivity index (χ3v) is 7.69. The molecule has 5 N–H and O–H groups in total. The quantitative estimate of drug-likeness (QED) is 0.477. The monoisotopic (exact) mass is 413 g/mol. The molecule has 4 aliphatic rings. The summed E-state index contributed by atoms with van der Waals surface area (Å²) in [7, 11) is 0. The van der Waals surface area contributed by atoms with Gasteiger partial charge in [-0.15, -0.1) is 0 Å². The van der Waals surface area contributed by atoms with Gasteiger partial charge in [0.05, 0.1) is 12.0 Å². The summed E-state index contributed by atoms with van der Waals surface area (Å²) in [4.78, 5) is 38.2. The number of amides is 1. The van der Waals surface area contributed by atoms with Crippen LogP contribution in [0.15, 0.2) is 30.3 Å². The minimum atomic E-state index is -0.969. The topological polar surface area (TPSA) is 125 Å². The molecule has 1 aromatic carbocycles. The van der Waals surface area contributed by atoms with Crippen molar-refractivity contribution in [1.82, 2.24) is 5.32 Å². The Morgan fingerprint density at radius 2 is 1.77 bits per heavy atom. The lowest BCUT2D eigenvalue weighted by molar-refractivity contribution is -0.190. The number of nitrogens with two attached hydrogens (primary N) is 2. The Kier molecular flexibility index (Phi) is 5.45. The van der Waals surface area contributed by atoms with E-state index in [0.29, 0.717) is 11.8 Å². The third-order valence-electron chi connectivity index (χ3n) is 7.69. The van der Waals surface area contributed by atoms with E-state index in [2.05, 4.69) is 5.32 Å². The molecule has 3 unspecified atom stereocenters. The molecule has 7 heteroatoms. The molecule has 0 spiro atoms. The fourth-order valence-corrected chi connectivity index (χ4v) is 6.38. The van der Waals surface area contributed by atoms with Gasteiger partial charge in [-0.1, -0.05) is 37.3 Å². The summed E-state index contributed by atoms with van der Waals surface area (Å²) in [5.41, 5.74) is 11.9. The van der Waals surface area contributed by atoms with Gasteiger partial charge in [0.25, 0.3) is 0 Å². The van der Waals surface area contributed by atoms with Gasteiger partial charge >= 0.3 is 11.9 Å². The first-order chi connectivity index (χ1) is 14.3. The predicted octanol–water partition coefficient (Wildman–Crippen LogP) is 1.29. The Morgan fingerprint density at radius 1 is 1.13 bits per heavy atom. The highest BCUT2D eigenvalue weighted by Gasteiger charge is 2.64. The Bertz CT molecular complexity index is 826. The van der Waals surface area contributed by atoms with E-state index in [-0.39, 0.29) is 24.4 Å². The van der Waals surface area contributed by atoms with Gasteiger partial charge in [-0.3, -0.25) is 9.59 Å². The van der Waals surface area contributed by atoms with Crippen LogP contribution in [-0.4, -0.2) is 36.0 Å². The van der Waals surface area contributed by atoms with E-state index in [9.17, 15) is 14.4 Å². The van der Waals surface area contributed by atoms with Crippen molar-refractivity contribution in [2.24, 2.45) is 34.6 Å². The van der Waals surface area contributed by atoms with Gasteiger partial charge in [-0.25, -0.2) is 4.79 Å². The minimum absolute atomic E-state index is 0.0377. The van der Waals surface area contributed by atoms with Gasteiger partial charge in [-0.05, 0) is 55.4 Å². The molecular formula is C23H31N3O4. The summed E-state index contributed by atoms with van der Waals surface area (Å²) in [6.07, 6.45) is 4.68. The zero-order valence-electron chi connectivity index (χ0n) is 17.4. The van der Waals surface area contributed by atoms with Crippen molar-refractivity contribution in [3.63, 3.8) is 0 Å². The van der Waals surface area contributed by atoms with Crippen molar-refractivity contribution >= 4 is 17.8 Å². The Balaban J connectivity index is 1.51. The molecule has 30 heavy (non-hydrogen) atoms. The first-order valence-electron chi connectivity index (χ1n) is 10.8. The van der Waals surface area contributed by atoms with E-state index in [0.717, 1.165) is 37.7 Å². The van der Waals surface area contributed by atoms with Gasteiger partial charge in [0.1, 0.15) is 6.04 Å². The van der Waals surface area contributed by atoms with E-state index in [1.54, 1.807) is 0 Å². The Hall–Kier alpha value is -2.25. The number of nitrogens with one attached hydrogen (secondary N) is 1. The van der Waals surface area contributed by atoms with Crippen LogP contribution in [0.4, 0.5) is 0 Å². The third kappa shape index (κ3) is 3.65. The molecule has 0 radical (unpaired) electrons. The maximum Gasteiger partial charge on any atom is 0.336 e. The SMILES string of the molecule is CC1C2(N)CC3CC(C2)CC1(C(=O)OC(=O)[C@H](Cc1ccccc1)NC(=O)CN)C3. The lowest BCUT2D eigenvalue weighted by Gasteiger charge is -2.63. The molecule has 4 atom stereocenters. The number of carbonyl (C=O) groups is 3. The van der Waals surface area contributed by atoms with Crippen LogP contribution in [0.2, 0.25) is 0 Å². The van der Waals surface area contributed by atoms with E-state index in [1.807, 2.05) is 37.3 Å². The Labute approximate surface area is 176 Å². The smallest absolute Gasteiger partial charge is 0.336 e. The number of rotatable bonds is 6. The Morgan fingerprint density at radius 3 is 2.37 bits per heavy atom. The normalized spacial score (nSPS) is 35.0. The minimum Gasteiger partial charge on any atom is -0.391 e. The molecule has 1 amide bonds. The fraction of sp³-hybridized carbons (Fsp3) is 0.609. The van der Waals surface area contributed by atoms with E-state index in [4.69, 9.17) is 16.2 Å². The van der Waals surface area contributed by atoms with Crippen molar-refractivity contribution in [3.05, 3.63) is 35.9 Å². The second kappa shape index (κ2) is 7.78. The van der Waals surface area contributed by atoms with Crippen LogP contribution in [0.5, 0.6) is 0 Å². The summed E-state index contributed by atoms with van der Waals surface area (Å²) in [6, 6.07) is 8.32. The number of hydrogen-bond acceptors (Lipinski definition) is 6. The van der Waals surface area contributed by atoms with E-state index < -0.39 is 29.3 Å². The molecule has 162 valence electrons. The number of hydrogen-bond donors (Lipinski definition) is 3. The van der Waals surface area contributed by atoms with Crippen molar-refractivity contribution in [2.75, 3.05) is 6.54 Å². The highest BCUT2D eigenvalue weighted by Crippen LogP contribution is 2.63. The lowest BCUT2D eigenvalue weighted by Crippen LogP contribution is -2.68. The maximum absolute atomic E-state index is 13.3. The van der Waals surface area contributed by atoms with E-state index >= 15 is 0 Å². The average molecular weight is 414 g/mol. The van der Waals surface area contributed by atoms with Crippen LogP contribution in [-0.2, 0) is 25.5 Å². The van der Waals surface area contributed by atoms with Crippen LogP contribution in [0.3, 0.4) is 0 Å². The van der Waals surface area contributed by atoms with Crippen molar-refractivity contribution < 1.29 is 19.1 Å². The van der Waals surface area contributed by atoms with Crippen LogP contribution >= 0.6 is 0 Å². The van der Waals surface area contributed by atoms with Crippen molar-refractivity contribution in [1.29, 1.82) is 0 Å². The first kappa shape index (κ1) is 21.0. The summed E-state index contributed by atoms with van der Waals surface area (Å²) in [5, 5.41) is 2.60. The molecular weight excluding hydrogens is 382 g/mol. The molecule has 5 rings (SSSR count). The molecule has 4 bridgehead atoms. The number of esters is 2. The molecule has 4 saturated carbocycles. The molecule has 0 aromatic heterocycles. The molecule has 0 saturated heterocycles. The zero-order valence-corrected chi connectivity index (χ0v) is 17.4. The maximum atomic E-state index is 13.3. The molecule has 4 aliphatic carbocycles. The second-order valence-electron chi connectivity index (χ2n) is 9.62. The highest BCUT2D eigenvalue weighted by atomic mass is 16.6. The van der Waals surface area contributed by atoms with E-state index in [1.165, 1.54) is 0 Å². The van der Waals surface area contributed by atoms with Crippen LogP contribution in [0, 0.1) is 23.2 Å². The van der Waals surface area contributed by atoms with Crippen LogP contribution < -0.4 is 16.8 Å². The molecule has 1 aromatic rings. The first-order valence-corrected chi connectivity index (χ1v) is 10.8. The van der Waals surface area contributed by atoms with Gasteiger partial charge in [0, 0.05) is 12.0 Å². The van der Waals surface area contributed by atoms with Crippen molar-refractivity contribution in [3.8, 4) is 0 Å². The van der Waals surface area contributed by atoms with Gasteiger partial charge in [0.2, 0.25) is 5.91 Å². The largest absolute Gasteiger partial charge is 0.391 e. The number of ether oxygens (including phenoxy) is 1. The summed E-state index contributed by atoms with van der Waals surface area (Å²) >= 11 is 0. The van der Waals surface area contributed by atoms with Gasteiger partial charge < -0.3 is 21.5 Å². The predicted molar refractivity (Wildman–Crippen MR) is 111 cm³/mol. The van der Waals surface area contributed by atoms with Crippen molar-refractivity contribution in [2.45, 2.75) is 57.0 Å². The zero-order chi connectivity index (χ0) is 21.5. The average Bonchev–Trinajstić information content (AvgIpc) is 2.71. The number of carbonyl (C=O) groups excluding carboxylic acids is 3. The van der Waals surface area contributed by atoms with Gasteiger partial charge in [-0.2, -0.15) is 0 Å². The highest BCUT2D eigenvalue weighted by molar-refractivity contribution is 5.94. The van der Waals surface area contributed by atoms with Crippen LogP contribution in [0.1, 0.15) is 44.6 Å². The molecule has 0 heterocycles. The summed E-state index contributed by atoms with van der Waals surface area (Å²) < 4.78 is 5.44. The standard InChI is InChI=1S/C23H31N3O4/c1-14-22(9-16-7-17(10-22)12-23(14,25)11-16)21(29)30-20(28)18(26-19(27)13-24)8-15-5-3-2-4-6-15/h2-6,14,16-18H,7-13,24-25H2,1H3,(H,26,27)/t14?,16?,17?,18-,22?,23?/m0/s1. The molecule has 4 fully saturated rings. The summed E-state index contributed by atoms with van der Waals surface area (Å²) in [6.45, 7) is 1.79. The fourth-order valence-electron chi connectivity index (χ4n) is 6.38. The second-order valence-corrected chi connectivity index (χ2v) is 9.62. The lowest BCUT2D eigenvalue weighted by atomic mass is 9.43. The molecule has 7 nitrogen and oxygen atoms in total. The van der Waals surface area contributed by atoms with Gasteiger partial charge in [0.15, 0.2) is 0 Å². The summed E-state index contributed by atoms with van der Waals surface area (Å²) in [5.74, 6) is -0.894. The van der Waals surface area contributed by atoms with Crippen LogP contribution in [0.25, 0.3) is 0 Å². The number of benzene rings is 1. The molecule has 0 aliphatic heterocycles.